The van der Waals surface area contributed by atoms with E-state index >= 15 is 0 Å². The number of hydrogen-bond acceptors (Lipinski definition) is 5. The topological polar surface area (TPSA) is 64.4 Å². The van der Waals surface area contributed by atoms with Gasteiger partial charge in [-0.1, -0.05) is 18.2 Å². The fourth-order valence-corrected chi connectivity index (χ4v) is 4.67. The van der Waals surface area contributed by atoms with Crippen molar-refractivity contribution in [3.8, 4) is 16.3 Å². The Morgan fingerprint density at radius 1 is 1.23 bits per heavy atom. The summed E-state index contributed by atoms with van der Waals surface area (Å²) in [5, 5.41) is 6.81. The lowest BCUT2D eigenvalue weighted by Gasteiger charge is -2.31. The number of nitrogens with zero attached hydrogens (tertiary/aromatic N) is 3. The van der Waals surface area contributed by atoms with E-state index in [0.29, 0.717) is 25.4 Å². The van der Waals surface area contributed by atoms with Crippen molar-refractivity contribution in [2.75, 3.05) is 19.7 Å². The van der Waals surface area contributed by atoms with Gasteiger partial charge >= 0.3 is 5.97 Å². The number of piperidine rings is 1. The predicted molar refractivity (Wildman–Crippen MR) is 122 cm³/mol. The summed E-state index contributed by atoms with van der Waals surface area (Å²) in [4.78, 5) is 28.7. The van der Waals surface area contributed by atoms with Crippen molar-refractivity contribution < 1.29 is 14.3 Å². The summed E-state index contributed by atoms with van der Waals surface area (Å²) in [5.41, 5.74) is 4.33. The molecular formula is C24H27N3O3S. The van der Waals surface area contributed by atoms with Crippen LogP contribution in [0.1, 0.15) is 41.4 Å². The predicted octanol–water partition coefficient (Wildman–Crippen LogP) is 4.63. The molecule has 162 valence electrons. The number of esters is 1. The highest BCUT2D eigenvalue weighted by atomic mass is 32.1. The molecule has 0 aliphatic carbocycles. The molecule has 3 aromatic rings. The van der Waals surface area contributed by atoms with Crippen LogP contribution in [0.5, 0.6) is 0 Å². The molecule has 1 amide bonds. The number of likely N-dealkylation sites (tertiary alicyclic amines) is 1. The van der Waals surface area contributed by atoms with Crippen LogP contribution in [0.15, 0.2) is 41.8 Å². The molecule has 0 N–H and O–H groups in total. The number of rotatable bonds is 5. The number of aromatic nitrogens is 2. The summed E-state index contributed by atoms with van der Waals surface area (Å²) in [6.45, 7) is 7.21. The molecule has 1 atom stereocenters. The first kappa shape index (κ1) is 21.3. The van der Waals surface area contributed by atoms with Crippen molar-refractivity contribution in [2.24, 2.45) is 5.92 Å². The Morgan fingerprint density at radius 3 is 2.81 bits per heavy atom. The fraction of sp³-hybridized carbons (Fsp3) is 0.375. The van der Waals surface area contributed by atoms with Crippen LogP contribution in [0.4, 0.5) is 0 Å². The van der Waals surface area contributed by atoms with Crippen LogP contribution < -0.4 is 0 Å². The third-order valence-corrected chi connectivity index (χ3v) is 6.52. The summed E-state index contributed by atoms with van der Waals surface area (Å²) < 4.78 is 6.95. The van der Waals surface area contributed by atoms with E-state index in [0.717, 1.165) is 40.2 Å². The van der Waals surface area contributed by atoms with Gasteiger partial charge in [-0.15, -0.1) is 11.3 Å². The standard InChI is InChI=1S/C24H27N3O3S/c1-4-30-24(29)18-7-5-11-26(15-18)23(28)21-14-19(22-8-6-12-31-22)25-27(21)20-13-16(2)9-10-17(20)3/h6,8-10,12-14,18H,4-5,7,11,15H2,1-3H3. The molecule has 1 aliphatic rings. The molecule has 4 rings (SSSR count). The van der Waals surface area contributed by atoms with Crippen LogP contribution in [0, 0.1) is 19.8 Å². The Labute approximate surface area is 186 Å². The molecule has 31 heavy (non-hydrogen) atoms. The Hall–Kier alpha value is -2.93. The molecule has 0 radical (unpaired) electrons. The molecule has 0 bridgehead atoms. The molecule has 1 aromatic carbocycles. The van der Waals surface area contributed by atoms with E-state index in [-0.39, 0.29) is 17.8 Å². The van der Waals surface area contributed by atoms with Gasteiger partial charge in [0, 0.05) is 13.1 Å². The summed E-state index contributed by atoms with van der Waals surface area (Å²) >= 11 is 1.60. The number of hydrogen-bond donors (Lipinski definition) is 0. The van der Waals surface area contributed by atoms with E-state index < -0.39 is 0 Å². The molecule has 1 aliphatic heterocycles. The third kappa shape index (κ3) is 4.42. The van der Waals surface area contributed by atoms with E-state index in [1.54, 1.807) is 27.8 Å². The highest BCUT2D eigenvalue weighted by molar-refractivity contribution is 7.13. The van der Waals surface area contributed by atoms with Gasteiger partial charge in [0.05, 0.1) is 23.1 Å². The quantitative estimate of drug-likeness (QED) is 0.546. The molecule has 1 unspecified atom stereocenters. The van der Waals surface area contributed by atoms with E-state index in [4.69, 9.17) is 9.84 Å². The lowest BCUT2D eigenvalue weighted by Crippen LogP contribution is -2.43. The number of benzene rings is 1. The minimum atomic E-state index is -0.272. The maximum atomic E-state index is 13.6. The second kappa shape index (κ2) is 9.06. The van der Waals surface area contributed by atoms with Crippen LogP contribution >= 0.6 is 11.3 Å². The highest BCUT2D eigenvalue weighted by Gasteiger charge is 2.32. The van der Waals surface area contributed by atoms with Gasteiger partial charge in [0.15, 0.2) is 0 Å². The molecule has 1 saturated heterocycles. The minimum Gasteiger partial charge on any atom is -0.466 e. The van der Waals surface area contributed by atoms with Gasteiger partial charge in [-0.05, 0) is 68.3 Å². The lowest BCUT2D eigenvalue weighted by molar-refractivity contribution is -0.149. The van der Waals surface area contributed by atoms with Gasteiger partial charge in [-0.3, -0.25) is 9.59 Å². The number of carbonyl (C=O) groups excluding carboxylic acids is 2. The highest BCUT2D eigenvalue weighted by Crippen LogP contribution is 2.29. The molecule has 7 heteroatoms. The van der Waals surface area contributed by atoms with Crippen LogP contribution in [0.25, 0.3) is 16.3 Å². The van der Waals surface area contributed by atoms with Gasteiger partial charge in [-0.2, -0.15) is 5.10 Å². The van der Waals surface area contributed by atoms with Crippen molar-refractivity contribution in [1.82, 2.24) is 14.7 Å². The average molecular weight is 438 g/mol. The first-order valence-corrected chi connectivity index (χ1v) is 11.5. The van der Waals surface area contributed by atoms with Gasteiger partial charge in [-0.25, -0.2) is 4.68 Å². The van der Waals surface area contributed by atoms with E-state index in [1.165, 1.54) is 0 Å². The number of thiophene rings is 1. The second-order valence-electron chi connectivity index (χ2n) is 7.94. The molecule has 0 saturated carbocycles. The molecule has 6 nitrogen and oxygen atoms in total. The van der Waals surface area contributed by atoms with Crippen LogP contribution in [-0.2, 0) is 9.53 Å². The normalized spacial score (nSPS) is 16.4. The van der Waals surface area contributed by atoms with Gasteiger partial charge < -0.3 is 9.64 Å². The molecule has 0 spiro atoms. The Bertz CT molecular complexity index is 1090. The number of amides is 1. The Balaban J connectivity index is 1.72. The van der Waals surface area contributed by atoms with Crippen molar-refractivity contribution in [1.29, 1.82) is 0 Å². The first-order valence-electron chi connectivity index (χ1n) is 10.7. The van der Waals surface area contributed by atoms with Crippen LogP contribution in [-0.4, -0.2) is 46.3 Å². The Kier molecular flexibility index (Phi) is 6.23. The number of carbonyl (C=O) groups is 2. The molecule has 1 fully saturated rings. The maximum absolute atomic E-state index is 13.6. The van der Waals surface area contributed by atoms with Crippen LogP contribution in [0.3, 0.4) is 0 Å². The smallest absolute Gasteiger partial charge is 0.310 e. The van der Waals surface area contributed by atoms with Crippen molar-refractivity contribution in [2.45, 2.75) is 33.6 Å². The average Bonchev–Trinajstić information content (AvgIpc) is 3.45. The van der Waals surface area contributed by atoms with E-state index in [1.807, 2.05) is 43.5 Å². The van der Waals surface area contributed by atoms with Gasteiger partial charge in [0.1, 0.15) is 11.4 Å². The van der Waals surface area contributed by atoms with Crippen LogP contribution in [0.2, 0.25) is 0 Å². The number of aryl methyl sites for hydroxylation is 2. The largest absolute Gasteiger partial charge is 0.466 e. The van der Waals surface area contributed by atoms with Crippen molar-refractivity contribution in [3.05, 3.63) is 58.6 Å². The monoisotopic (exact) mass is 437 g/mol. The summed E-state index contributed by atoms with van der Waals surface area (Å²) in [6, 6.07) is 12.0. The van der Waals surface area contributed by atoms with Crippen molar-refractivity contribution >= 4 is 23.2 Å². The van der Waals surface area contributed by atoms with Crippen molar-refractivity contribution in [3.63, 3.8) is 0 Å². The zero-order valence-corrected chi connectivity index (χ0v) is 18.9. The lowest BCUT2D eigenvalue weighted by atomic mass is 9.98. The van der Waals surface area contributed by atoms with Gasteiger partial charge in [0.2, 0.25) is 0 Å². The molecule has 2 aromatic heterocycles. The third-order valence-electron chi connectivity index (χ3n) is 5.62. The number of ether oxygens (including phenoxy) is 1. The second-order valence-corrected chi connectivity index (χ2v) is 8.88. The SMILES string of the molecule is CCOC(=O)C1CCCN(C(=O)c2cc(-c3cccs3)nn2-c2cc(C)ccc2C)C1. The zero-order chi connectivity index (χ0) is 22.0. The summed E-state index contributed by atoms with van der Waals surface area (Å²) in [5.74, 6) is -0.598. The minimum absolute atomic E-state index is 0.106. The maximum Gasteiger partial charge on any atom is 0.310 e. The summed E-state index contributed by atoms with van der Waals surface area (Å²) in [7, 11) is 0. The fourth-order valence-electron chi connectivity index (χ4n) is 3.99. The zero-order valence-electron chi connectivity index (χ0n) is 18.1. The van der Waals surface area contributed by atoms with Gasteiger partial charge in [0.25, 0.3) is 5.91 Å². The molecule has 3 heterocycles. The van der Waals surface area contributed by atoms with E-state index in [9.17, 15) is 9.59 Å². The Morgan fingerprint density at radius 2 is 2.06 bits per heavy atom. The van der Waals surface area contributed by atoms with E-state index in [2.05, 4.69) is 12.1 Å². The molecular weight excluding hydrogens is 410 g/mol. The first-order chi connectivity index (χ1) is 15.0. The summed E-state index contributed by atoms with van der Waals surface area (Å²) in [6.07, 6.45) is 1.53.